The van der Waals surface area contributed by atoms with Gasteiger partial charge in [0.2, 0.25) is 21.8 Å². The first-order valence-electron chi connectivity index (χ1n) is 20.4. The number of benzene rings is 1. The van der Waals surface area contributed by atoms with E-state index >= 15 is 0 Å². The zero-order valence-corrected chi connectivity index (χ0v) is 34.2. The molecule has 4 fully saturated rings. The number of hydrogen-bond acceptors (Lipinski definition) is 10. The van der Waals surface area contributed by atoms with Crippen LogP contribution in [-0.2, 0) is 41.7 Å². The molecule has 14 nitrogen and oxygen atoms in total. The highest BCUT2D eigenvalue weighted by Gasteiger charge is 2.64. The minimum atomic E-state index is -4.93. The maximum absolute atomic E-state index is 14.8. The molecular formula is C41H50F3N5O9S. The molecule has 6 aliphatic rings. The highest BCUT2D eigenvalue weighted by Crippen LogP contribution is 2.51. The molecule has 3 aliphatic heterocycles. The molecule has 4 amide bonds. The van der Waals surface area contributed by atoms with Crippen molar-refractivity contribution in [3.05, 3.63) is 41.6 Å². The number of ether oxygens (including phenoxy) is 3. The number of allylic oxidation sites excluding steroid dienone is 1. The normalized spacial score (nSPS) is 30.5. The minimum Gasteiger partial charge on any atom is -0.497 e. The fourth-order valence-corrected chi connectivity index (χ4v) is 10.3. The van der Waals surface area contributed by atoms with Crippen LogP contribution in [0.5, 0.6) is 11.5 Å². The molecule has 59 heavy (non-hydrogen) atoms. The molecule has 1 saturated heterocycles. The van der Waals surface area contributed by atoms with Gasteiger partial charge in [0, 0.05) is 23.3 Å². The molecule has 3 N–H and O–H groups in total. The van der Waals surface area contributed by atoms with Gasteiger partial charge >= 0.3 is 12.3 Å². The smallest absolute Gasteiger partial charge is 0.437 e. The van der Waals surface area contributed by atoms with E-state index in [-0.39, 0.29) is 49.7 Å². The Morgan fingerprint density at radius 3 is 2.47 bits per heavy atom. The number of aromatic nitrogens is 1. The third kappa shape index (κ3) is 7.69. The average molecular weight is 846 g/mol. The van der Waals surface area contributed by atoms with E-state index in [0.29, 0.717) is 62.5 Å². The number of alkyl carbamates (subject to hydrolysis) is 1. The number of hydrogen-bond donors (Lipinski definition) is 3. The summed E-state index contributed by atoms with van der Waals surface area (Å²) in [4.78, 5) is 61.9. The van der Waals surface area contributed by atoms with Gasteiger partial charge in [-0.15, -0.1) is 0 Å². The maximum atomic E-state index is 14.8. The molecule has 5 atom stereocenters. The van der Waals surface area contributed by atoms with Crippen LogP contribution >= 0.6 is 0 Å². The third-order valence-electron chi connectivity index (χ3n) is 13.3. The second-order valence-corrected chi connectivity index (χ2v) is 19.9. The van der Waals surface area contributed by atoms with Crippen molar-refractivity contribution >= 4 is 44.7 Å². The Bertz CT molecular complexity index is 2230. The van der Waals surface area contributed by atoms with Crippen LogP contribution in [0.4, 0.5) is 18.0 Å². The van der Waals surface area contributed by atoms with Gasteiger partial charge in [-0.1, -0.05) is 25.0 Å². The van der Waals surface area contributed by atoms with Crippen molar-refractivity contribution in [2.75, 3.05) is 13.7 Å². The van der Waals surface area contributed by atoms with Crippen LogP contribution in [-0.4, -0.2) is 89.3 Å². The van der Waals surface area contributed by atoms with E-state index in [4.69, 9.17) is 14.2 Å². The number of rotatable bonds is 6. The van der Waals surface area contributed by atoms with Gasteiger partial charge in [-0.3, -0.25) is 19.1 Å². The highest BCUT2D eigenvalue weighted by molar-refractivity contribution is 7.91. The second-order valence-electron chi connectivity index (χ2n) is 17.7. The fourth-order valence-electron chi connectivity index (χ4n) is 9.00. The number of amides is 4. The molecule has 18 heteroatoms. The van der Waals surface area contributed by atoms with Crippen molar-refractivity contribution in [1.82, 2.24) is 25.2 Å². The number of alkyl halides is 3. The Hall–Kier alpha value is -4.61. The molecule has 1 aromatic heterocycles. The third-order valence-corrected chi connectivity index (χ3v) is 15.5. The molecule has 0 radical (unpaired) electrons. The predicted octanol–water partition coefficient (Wildman–Crippen LogP) is 5.36. The highest BCUT2D eigenvalue weighted by atomic mass is 32.2. The standard InChI is InChI=1S/C41H50F3N5O9S/c1-37(15-9-16-37)58-36(53)46-29-11-8-6-4-5-7-10-24-21-40(24,35(52)48-59(54,55)38(2)18-19-38)47-33(50)30-22-39(23-49(30)34(29)51)17-14-26-27-20-25(56-3)12-13-28(27)45-32(31(26)57-39)41(42,43)44/h7,10,12-13,20,24,29-30H,4-6,8-9,11,14-19,21-23H2,1-3H3,(H,46,53)(H,47,50)(H,48,52)/b10-7-/t24-,29+,30+,39-,40-/m1/s1. The number of halogens is 3. The second kappa shape index (κ2) is 14.5. The molecule has 1 spiro atoms. The maximum Gasteiger partial charge on any atom is 0.437 e. The van der Waals surface area contributed by atoms with Crippen LogP contribution in [0, 0.1) is 5.92 Å². The average Bonchev–Trinajstić information content (AvgIpc) is 4.06. The zero-order valence-electron chi connectivity index (χ0n) is 33.3. The number of carbonyl (C=O) groups is 4. The van der Waals surface area contributed by atoms with Crippen molar-refractivity contribution in [1.29, 1.82) is 0 Å². The molecule has 2 aromatic rings. The van der Waals surface area contributed by atoms with Crippen molar-refractivity contribution < 1.29 is 55.0 Å². The number of carbonyl (C=O) groups excluding carboxylic acids is 4. The first-order valence-corrected chi connectivity index (χ1v) is 21.9. The van der Waals surface area contributed by atoms with Gasteiger partial charge in [0.15, 0.2) is 11.4 Å². The van der Waals surface area contributed by atoms with Crippen LogP contribution in [0.1, 0.15) is 109 Å². The van der Waals surface area contributed by atoms with Crippen molar-refractivity contribution in [3.8, 4) is 11.5 Å². The van der Waals surface area contributed by atoms with Crippen molar-refractivity contribution in [2.24, 2.45) is 5.92 Å². The lowest BCUT2D eigenvalue weighted by atomic mass is 9.82. The van der Waals surface area contributed by atoms with E-state index in [2.05, 4.69) is 20.3 Å². The Kier molecular flexibility index (Phi) is 10.1. The lowest BCUT2D eigenvalue weighted by molar-refractivity contribution is -0.144. The Morgan fingerprint density at radius 2 is 1.80 bits per heavy atom. The van der Waals surface area contributed by atoms with E-state index < -0.39 is 90.9 Å². The number of methoxy groups -OCH3 is 1. The zero-order chi connectivity index (χ0) is 42.2. The molecular weight excluding hydrogens is 796 g/mol. The summed E-state index contributed by atoms with van der Waals surface area (Å²) in [5.41, 5.74) is -4.76. The summed E-state index contributed by atoms with van der Waals surface area (Å²) in [7, 11) is -2.65. The van der Waals surface area contributed by atoms with Gasteiger partial charge < -0.3 is 29.7 Å². The predicted molar refractivity (Wildman–Crippen MR) is 207 cm³/mol. The van der Waals surface area contributed by atoms with E-state index in [1.165, 1.54) is 31.1 Å². The summed E-state index contributed by atoms with van der Waals surface area (Å²) in [6.45, 7) is 3.02. The molecule has 3 saturated carbocycles. The molecule has 0 bridgehead atoms. The molecule has 4 heterocycles. The first kappa shape index (κ1) is 41.1. The van der Waals surface area contributed by atoms with Crippen LogP contribution in [0.3, 0.4) is 0 Å². The van der Waals surface area contributed by atoms with Crippen molar-refractivity contribution in [2.45, 2.75) is 143 Å². The van der Waals surface area contributed by atoms with Gasteiger partial charge in [0.05, 0.1) is 23.9 Å². The minimum absolute atomic E-state index is 0.0728. The lowest BCUT2D eigenvalue weighted by Gasteiger charge is -2.38. The fraction of sp³-hybridized carbons (Fsp3) is 0.634. The summed E-state index contributed by atoms with van der Waals surface area (Å²) < 4.78 is 89.3. The SMILES string of the molecule is COc1ccc2nc(C(F)(F)F)c3c(c2c1)CC[C@]1(C[C@H]2C(=O)N[C@]4(C(=O)NS(=O)(=O)C5(C)CC5)C[C@H]4/C=C\CCCCC[C@H](NC(=O)OC4(C)CCC4)C(=O)N2C1)O3. The Morgan fingerprint density at radius 1 is 1.03 bits per heavy atom. The lowest BCUT2D eigenvalue weighted by Crippen LogP contribution is -2.59. The molecule has 8 rings (SSSR count). The first-order chi connectivity index (χ1) is 27.8. The number of fused-ring (bicyclic) bond motifs is 5. The van der Waals surface area contributed by atoms with Gasteiger partial charge in [0.25, 0.3) is 5.91 Å². The molecule has 1 aromatic carbocycles. The van der Waals surface area contributed by atoms with Crippen molar-refractivity contribution in [3.63, 3.8) is 0 Å². The van der Waals surface area contributed by atoms with E-state index in [0.717, 1.165) is 6.42 Å². The quantitative estimate of drug-likeness (QED) is 0.321. The Balaban J connectivity index is 1.16. The van der Waals surface area contributed by atoms with E-state index in [9.17, 15) is 40.8 Å². The van der Waals surface area contributed by atoms with Crippen LogP contribution in [0.25, 0.3) is 10.9 Å². The summed E-state index contributed by atoms with van der Waals surface area (Å²) in [5.74, 6) is -3.02. The number of pyridine rings is 1. The molecule has 3 aliphatic carbocycles. The summed E-state index contributed by atoms with van der Waals surface area (Å²) >= 11 is 0. The summed E-state index contributed by atoms with van der Waals surface area (Å²) in [6, 6.07) is 2.00. The van der Waals surface area contributed by atoms with Crippen LogP contribution < -0.4 is 24.8 Å². The number of nitrogens with one attached hydrogen (secondary N) is 3. The van der Waals surface area contributed by atoms with Gasteiger partial charge in [-0.05, 0) is 103 Å². The van der Waals surface area contributed by atoms with E-state index in [1.54, 1.807) is 19.1 Å². The number of sulfonamides is 1. The Labute approximate surface area is 340 Å². The number of nitrogens with zero attached hydrogens (tertiary/aromatic N) is 2. The van der Waals surface area contributed by atoms with Crippen LogP contribution in [0.15, 0.2) is 30.4 Å². The largest absolute Gasteiger partial charge is 0.497 e. The molecule has 0 unspecified atom stereocenters. The topological polar surface area (TPSA) is 182 Å². The summed E-state index contributed by atoms with van der Waals surface area (Å²) in [6.07, 6.45) is 3.64. The van der Waals surface area contributed by atoms with Gasteiger partial charge in [-0.25, -0.2) is 18.2 Å². The molecule has 320 valence electrons. The van der Waals surface area contributed by atoms with Gasteiger partial charge in [0.1, 0.15) is 34.6 Å². The van der Waals surface area contributed by atoms with Crippen LogP contribution in [0.2, 0.25) is 0 Å². The monoisotopic (exact) mass is 845 g/mol. The summed E-state index contributed by atoms with van der Waals surface area (Å²) in [5, 5.41) is 5.94. The van der Waals surface area contributed by atoms with E-state index in [1.807, 2.05) is 6.08 Å². The van der Waals surface area contributed by atoms with Gasteiger partial charge in [-0.2, -0.15) is 13.2 Å². The number of aryl methyl sites for hydroxylation is 1.